The van der Waals surface area contributed by atoms with Gasteiger partial charge in [0.25, 0.3) is 18.9 Å². The monoisotopic (exact) mass is 433 g/mol. The number of hydrogen-bond donors (Lipinski definition) is 1. The van der Waals surface area contributed by atoms with Crippen molar-refractivity contribution < 1.29 is 17.5 Å². The number of anilines is 1. The molecule has 1 aliphatic rings. The predicted molar refractivity (Wildman–Crippen MR) is 110 cm³/mol. The number of amides is 1. The molecule has 1 amide bonds. The van der Waals surface area contributed by atoms with Gasteiger partial charge >= 0.3 is 5.91 Å². The highest BCUT2D eigenvalue weighted by Crippen LogP contribution is 2.26. The van der Waals surface area contributed by atoms with Gasteiger partial charge in [-0.25, -0.2) is 18.6 Å². The molecule has 0 spiro atoms. The normalized spacial score (nSPS) is 19.4. The number of aryl methyl sites for hydroxylation is 2. The van der Waals surface area contributed by atoms with Crippen LogP contribution < -0.4 is 5.32 Å². The van der Waals surface area contributed by atoms with Crippen molar-refractivity contribution in [1.29, 1.82) is 0 Å². The number of pyridine rings is 1. The molecule has 3 heterocycles. The number of imidazole rings is 1. The van der Waals surface area contributed by atoms with Gasteiger partial charge in [0.05, 0.1) is 5.69 Å². The summed E-state index contributed by atoms with van der Waals surface area (Å²) in [6.45, 7) is 1.80. The van der Waals surface area contributed by atoms with Crippen LogP contribution in [0.15, 0.2) is 30.6 Å². The first-order valence-electron chi connectivity index (χ1n) is 9.87. The minimum atomic E-state index is -2.60. The van der Waals surface area contributed by atoms with Crippen LogP contribution in [0.3, 0.4) is 0 Å². The summed E-state index contributed by atoms with van der Waals surface area (Å²) in [5.74, 6) is 0.544. The van der Waals surface area contributed by atoms with Gasteiger partial charge in [-0.2, -0.15) is 5.10 Å². The predicted octanol–water partition coefficient (Wildman–Crippen LogP) is 3.62. The summed E-state index contributed by atoms with van der Waals surface area (Å²) in [5.41, 5.74) is 1.45. The van der Waals surface area contributed by atoms with E-state index in [0.717, 1.165) is 31.5 Å². The van der Waals surface area contributed by atoms with E-state index in [2.05, 4.69) is 15.4 Å². The molecule has 3 aromatic heterocycles. The molecule has 4 rings (SSSR count). The lowest BCUT2D eigenvalue weighted by Gasteiger charge is -2.26. The molecule has 10 heteroatoms. The molecule has 0 aromatic carbocycles. The summed E-state index contributed by atoms with van der Waals surface area (Å²) < 4.78 is 30.6. The minimum Gasteiger partial charge on any atom is -0.368 e. The van der Waals surface area contributed by atoms with Crippen LogP contribution in [0, 0.1) is 6.92 Å². The van der Waals surface area contributed by atoms with E-state index in [-0.39, 0.29) is 23.7 Å². The van der Waals surface area contributed by atoms with Gasteiger partial charge in [0.15, 0.2) is 6.04 Å². The number of aromatic nitrogens is 4. The van der Waals surface area contributed by atoms with Gasteiger partial charge in [-0.1, -0.05) is 10.0 Å². The van der Waals surface area contributed by atoms with Crippen molar-refractivity contribution in [3.63, 3.8) is 0 Å². The Balaban J connectivity index is 1.40. The first-order chi connectivity index (χ1) is 14.3. The number of rotatable bonds is 5. The zero-order chi connectivity index (χ0) is 21.4. The Morgan fingerprint density at radius 2 is 2.00 bits per heavy atom. The van der Waals surface area contributed by atoms with E-state index in [4.69, 9.17) is 12.4 Å². The lowest BCUT2D eigenvalue weighted by atomic mass is 9.91. The lowest BCUT2D eigenvalue weighted by molar-refractivity contribution is -0.448. The maximum Gasteiger partial charge on any atom is 0.436 e. The average Bonchev–Trinajstić information content (AvgIpc) is 3.31. The highest BCUT2D eigenvalue weighted by Gasteiger charge is 2.35. The van der Waals surface area contributed by atoms with Gasteiger partial charge in [0.2, 0.25) is 0 Å². The second kappa shape index (κ2) is 8.17. The minimum absolute atomic E-state index is 0.0142. The maximum atomic E-state index is 13.0. The largest absolute Gasteiger partial charge is 0.436 e. The summed E-state index contributed by atoms with van der Waals surface area (Å²) in [4.78, 5) is 16.7. The van der Waals surface area contributed by atoms with Gasteiger partial charge in [-0.15, -0.1) is 0 Å². The molecule has 0 saturated heterocycles. The molecular formula is C20H23F2N6OS+. The van der Waals surface area contributed by atoms with Crippen LogP contribution in [0.25, 0.3) is 5.65 Å². The van der Waals surface area contributed by atoms with E-state index in [1.54, 1.807) is 41.4 Å². The van der Waals surface area contributed by atoms with E-state index in [9.17, 15) is 13.6 Å². The second-order valence-corrected chi connectivity index (χ2v) is 8.08. The van der Waals surface area contributed by atoms with Crippen LogP contribution in [0.1, 0.15) is 53.9 Å². The molecule has 0 unspecified atom stereocenters. The number of alkyl halides is 2. The van der Waals surface area contributed by atoms with Crippen LogP contribution >= 0.6 is 0 Å². The molecule has 1 saturated carbocycles. The SMILES string of the molecule is Cc1nn(C)cc1C(=O)[N+](=S)C1CCC(Nc2cccc3nc(C(F)F)cn23)CC1. The van der Waals surface area contributed by atoms with Crippen molar-refractivity contribution >= 4 is 29.8 Å². The lowest BCUT2D eigenvalue weighted by Crippen LogP contribution is -2.37. The van der Waals surface area contributed by atoms with Crippen molar-refractivity contribution in [1.82, 2.24) is 19.2 Å². The number of hydrogen-bond acceptors (Lipinski definition) is 5. The Morgan fingerprint density at radius 1 is 1.27 bits per heavy atom. The van der Waals surface area contributed by atoms with E-state index in [1.165, 1.54) is 10.1 Å². The van der Waals surface area contributed by atoms with Crippen molar-refractivity contribution in [3.8, 4) is 0 Å². The van der Waals surface area contributed by atoms with Crippen molar-refractivity contribution in [3.05, 3.63) is 47.5 Å². The highest BCUT2D eigenvalue weighted by molar-refractivity contribution is 7.44. The van der Waals surface area contributed by atoms with Crippen molar-refractivity contribution in [2.75, 3.05) is 5.32 Å². The molecule has 1 N–H and O–H groups in total. The first kappa shape index (κ1) is 20.5. The van der Waals surface area contributed by atoms with Gasteiger partial charge < -0.3 is 5.32 Å². The Labute approximate surface area is 177 Å². The summed E-state index contributed by atoms with van der Waals surface area (Å²) in [6.07, 6.45) is 3.65. The molecule has 158 valence electrons. The first-order valence-corrected chi connectivity index (χ1v) is 10.2. The molecule has 30 heavy (non-hydrogen) atoms. The zero-order valence-electron chi connectivity index (χ0n) is 16.8. The van der Waals surface area contributed by atoms with Crippen LogP contribution in [0.4, 0.5) is 14.6 Å². The fourth-order valence-corrected chi connectivity index (χ4v) is 4.32. The topological polar surface area (TPSA) is 67.2 Å². The third-order valence-corrected chi connectivity index (χ3v) is 6.02. The third-order valence-electron chi connectivity index (χ3n) is 5.56. The molecule has 0 bridgehead atoms. The standard InChI is InChI=1S/C20H23F2N6OS/c1-12-15(10-26(2)25-12)20(29)28(30)14-8-6-13(7-9-14)23-17-4-3-5-18-24-16(19(21)22)11-27(17)18/h3-5,10-11,13-14,19,23H,6-9H2,1-2H3/q+1. The van der Waals surface area contributed by atoms with E-state index >= 15 is 0 Å². The second-order valence-electron chi connectivity index (χ2n) is 7.69. The molecule has 1 fully saturated rings. The fourth-order valence-electron chi connectivity index (χ4n) is 4.01. The van der Waals surface area contributed by atoms with Crippen molar-refractivity contribution in [2.45, 2.75) is 51.1 Å². The number of nitrogens with zero attached hydrogens (tertiary/aromatic N) is 5. The Hall–Kier alpha value is -2.75. The van der Waals surface area contributed by atoms with Crippen LogP contribution in [0.2, 0.25) is 0 Å². The molecule has 1 aliphatic carbocycles. The molecule has 0 atom stereocenters. The number of halogens is 2. The van der Waals surface area contributed by atoms with Crippen molar-refractivity contribution in [2.24, 2.45) is 7.05 Å². The molecular weight excluding hydrogens is 410 g/mol. The number of fused-ring (bicyclic) bond motifs is 1. The van der Waals surface area contributed by atoms with E-state index < -0.39 is 6.43 Å². The molecule has 7 nitrogen and oxygen atoms in total. The van der Waals surface area contributed by atoms with Gasteiger partial charge in [0, 0.05) is 38.3 Å². The smallest absolute Gasteiger partial charge is 0.368 e. The summed E-state index contributed by atoms with van der Waals surface area (Å²) in [7, 11) is 1.78. The Morgan fingerprint density at radius 3 is 2.63 bits per heavy atom. The zero-order valence-corrected chi connectivity index (χ0v) is 17.6. The third kappa shape index (κ3) is 3.96. The Bertz CT molecular complexity index is 1100. The van der Waals surface area contributed by atoms with Crippen LogP contribution in [-0.2, 0) is 19.5 Å². The van der Waals surface area contributed by atoms with Gasteiger partial charge in [0.1, 0.15) is 22.7 Å². The molecule has 0 radical (unpaired) electrons. The number of carbonyl (C=O) groups is 1. The molecule has 3 aromatic rings. The van der Waals surface area contributed by atoms with Crippen LogP contribution in [-0.4, -0.2) is 41.1 Å². The quantitative estimate of drug-likeness (QED) is 0.623. The summed E-state index contributed by atoms with van der Waals surface area (Å²) in [5, 5.41) is 7.65. The van der Waals surface area contributed by atoms with Gasteiger partial charge in [-0.3, -0.25) is 9.08 Å². The van der Waals surface area contributed by atoms with Gasteiger partial charge in [-0.05, 0) is 31.9 Å². The Kier molecular flexibility index (Phi) is 5.59. The molecule has 0 aliphatic heterocycles. The number of carbonyl (C=O) groups excluding carboxylic acids is 1. The summed E-state index contributed by atoms with van der Waals surface area (Å²) in [6, 6.07) is 5.51. The average molecular weight is 434 g/mol. The summed E-state index contributed by atoms with van der Waals surface area (Å²) >= 11 is 5.43. The highest BCUT2D eigenvalue weighted by atomic mass is 32.1. The van der Waals surface area contributed by atoms with Crippen LogP contribution in [0.5, 0.6) is 0 Å². The maximum absolute atomic E-state index is 13.0. The fraction of sp³-hybridized carbons (Fsp3) is 0.450. The van der Waals surface area contributed by atoms with E-state index in [0.29, 0.717) is 16.9 Å². The number of nitrogens with one attached hydrogen (secondary N) is 1. The van der Waals surface area contributed by atoms with E-state index in [1.807, 2.05) is 6.07 Å².